The number of hydrogen-bond donors (Lipinski definition) is 0. The van der Waals surface area contributed by atoms with Crippen LogP contribution in [0.15, 0.2) is 18.7 Å². The SMILES string of the molecule is CC(C)CCCCCCCC[n+]1ccn(C(C)C)c1. The van der Waals surface area contributed by atoms with Gasteiger partial charge in [-0.1, -0.05) is 46.0 Å². The maximum absolute atomic E-state index is 2.32. The van der Waals surface area contributed by atoms with Crippen LogP contribution in [-0.2, 0) is 6.54 Å². The second kappa shape index (κ2) is 9.17. The summed E-state index contributed by atoms with van der Waals surface area (Å²) in [5.41, 5.74) is 0. The van der Waals surface area contributed by atoms with Crippen molar-refractivity contribution in [2.24, 2.45) is 5.92 Å². The molecule has 2 heteroatoms. The molecule has 0 aliphatic carbocycles. The van der Waals surface area contributed by atoms with E-state index in [0.29, 0.717) is 6.04 Å². The summed E-state index contributed by atoms with van der Waals surface area (Å²) in [4.78, 5) is 0. The van der Waals surface area contributed by atoms with Crippen molar-refractivity contribution in [2.45, 2.75) is 85.2 Å². The van der Waals surface area contributed by atoms with Crippen LogP contribution < -0.4 is 4.57 Å². The number of imidazole rings is 1. The molecule has 2 nitrogen and oxygen atoms in total. The smallest absolute Gasteiger partial charge is 0.237 e. The topological polar surface area (TPSA) is 8.81 Å². The quantitative estimate of drug-likeness (QED) is 0.427. The molecule has 19 heavy (non-hydrogen) atoms. The standard InChI is InChI=1S/C17H33N2/c1-16(2)11-9-7-5-6-8-10-12-18-13-14-19(15-18)17(3)4/h13-17H,5-12H2,1-4H3/q+1. The van der Waals surface area contributed by atoms with Crippen molar-refractivity contribution in [1.82, 2.24) is 4.57 Å². The molecular formula is C17H33N2+. The van der Waals surface area contributed by atoms with E-state index in [9.17, 15) is 0 Å². The van der Waals surface area contributed by atoms with E-state index in [1.54, 1.807) is 0 Å². The summed E-state index contributed by atoms with van der Waals surface area (Å²) in [6.45, 7) is 10.3. The van der Waals surface area contributed by atoms with E-state index < -0.39 is 0 Å². The average Bonchev–Trinajstić information content (AvgIpc) is 2.81. The first-order valence-electron chi connectivity index (χ1n) is 8.16. The Morgan fingerprint density at radius 1 is 0.895 bits per heavy atom. The van der Waals surface area contributed by atoms with Crippen molar-refractivity contribution in [1.29, 1.82) is 0 Å². The fraction of sp³-hybridized carbons (Fsp3) is 0.824. The van der Waals surface area contributed by atoms with Gasteiger partial charge in [0.05, 0.1) is 12.6 Å². The normalized spacial score (nSPS) is 11.7. The lowest BCUT2D eigenvalue weighted by Crippen LogP contribution is -2.31. The van der Waals surface area contributed by atoms with Crippen molar-refractivity contribution in [3.8, 4) is 0 Å². The van der Waals surface area contributed by atoms with E-state index in [4.69, 9.17) is 0 Å². The number of aryl methyl sites for hydroxylation is 1. The highest BCUT2D eigenvalue weighted by Gasteiger charge is 2.05. The summed E-state index contributed by atoms with van der Waals surface area (Å²) in [6, 6.07) is 0.571. The Hall–Kier alpha value is -0.790. The van der Waals surface area contributed by atoms with E-state index in [1.807, 2.05) is 0 Å². The van der Waals surface area contributed by atoms with Gasteiger partial charge in [0.15, 0.2) is 0 Å². The summed E-state index contributed by atoms with van der Waals surface area (Å²) in [7, 11) is 0. The van der Waals surface area contributed by atoms with E-state index in [1.165, 1.54) is 51.5 Å². The number of rotatable bonds is 10. The molecule has 0 atom stereocenters. The van der Waals surface area contributed by atoms with E-state index >= 15 is 0 Å². The van der Waals surface area contributed by atoms with Crippen LogP contribution in [0.1, 0.15) is 78.7 Å². The largest absolute Gasteiger partial charge is 0.243 e. The number of aromatic nitrogens is 2. The highest BCUT2D eigenvalue weighted by Crippen LogP contribution is 2.11. The first-order valence-corrected chi connectivity index (χ1v) is 8.16. The van der Waals surface area contributed by atoms with E-state index in [-0.39, 0.29) is 0 Å². The zero-order chi connectivity index (χ0) is 14.1. The third kappa shape index (κ3) is 7.39. The lowest BCUT2D eigenvalue weighted by Gasteiger charge is -2.04. The van der Waals surface area contributed by atoms with Gasteiger partial charge in [-0.3, -0.25) is 0 Å². The Morgan fingerprint density at radius 2 is 1.53 bits per heavy atom. The van der Waals surface area contributed by atoms with Gasteiger partial charge in [-0.15, -0.1) is 0 Å². The second-order valence-corrected chi connectivity index (χ2v) is 6.50. The lowest BCUT2D eigenvalue weighted by molar-refractivity contribution is -0.697. The predicted octanol–water partition coefficient (Wildman–Crippen LogP) is 4.74. The molecule has 0 aliphatic heterocycles. The molecular weight excluding hydrogens is 232 g/mol. The van der Waals surface area contributed by atoms with Crippen molar-refractivity contribution in [3.05, 3.63) is 18.7 Å². The molecule has 1 heterocycles. The molecule has 1 aromatic rings. The maximum Gasteiger partial charge on any atom is 0.243 e. The van der Waals surface area contributed by atoms with Crippen LogP contribution in [0.4, 0.5) is 0 Å². The van der Waals surface area contributed by atoms with Crippen LogP contribution in [0.3, 0.4) is 0 Å². The molecule has 0 spiro atoms. The molecule has 0 aliphatic rings. The molecule has 1 aromatic heterocycles. The van der Waals surface area contributed by atoms with Crippen molar-refractivity contribution in [2.75, 3.05) is 0 Å². The maximum atomic E-state index is 2.32. The molecule has 0 saturated heterocycles. The molecule has 0 radical (unpaired) electrons. The van der Waals surface area contributed by atoms with Crippen LogP contribution >= 0.6 is 0 Å². The average molecular weight is 265 g/mol. The molecule has 0 bridgehead atoms. The van der Waals surface area contributed by atoms with Gasteiger partial charge in [-0.2, -0.15) is 0 Å². The van der Waals surface area contributed by atoms with Gasteiger partial charge in [-0.05, 0) is 32.6 Å². The summed E-state index contributed by atoms with van der Waals surface area (Å²) in [5, 5.41) is 0. The minimum absolute atomic E-state index is 0.571. The molecule has 0 amide bonds. The monoisotopic (exact) mass is 265 g/mol. The number of nitrogens with zero attached hydrogens (tertiary/aromatic N) is 2. The Labute approximate surface area is 119 Å². The Bertz CT molecular complexity index is 326. The van der Waals surface area contributed by atoms with Crippen molar-refractivity contribution >= 4 is 0 Å². The van der Waals surface area contributed by atoms with Gasteiger partial charge in [0.2, 0.25) is 6.33 Å². The van der Waals surface area contributed by atoms with E-state index in [2.05, 4.69) is 55.6 Å². The fourth-order valence-electron chi connectivity index (χ4n) is 2.40. The minimum atomic E-state index is 0.571. The van der Waals surface area contributed by atoms with Crippen LogP contribution in [0, 0.1) is 5.92 Å². The Kier molecular flexibility index (Phi) is 7.85. The van der Waals surface area contributed by atoms with Crippen LogP contribution in [0.25, 0.3) is 0 Å². The van der Waals surface area contributed by atoms with Crippen molar-refractivity contribution < 1.29 is 4.57 Å². The number of hydrogen-bond acceptors (Lipinski definition) is 0. The first kappa shape index (κ1) is 16.3. The van der Waals surface area contributed by atoms with Gasteiger partial charge in [-0.25, -0.2) is 9.13 Å². The molecule has 0 saturated carbocycles. The van der Waals surface area contributed by atoms with Crippen molar-refractivity contribution in [3.63, 3.8) is 0 Å². The summed E-state index contributed by atoms with van der Waals surface area (Å²) >= 11 is 0. The number of unbranched alkanes of at least 4 members (excludes halogenated alkanes) is 5. The lowest BCUT2D eigenvalue weighted by atomic mass is 10.0. The van der Waals surface area contributed by atoms with Crippen LogP contribution in [0.2, 0.25) is 0 Å². The van der Waals surface area contributed by atoms with Gasteiger partial charge in [0, 0.05) is 0 Å². The Morgan fingerprint density at radius 3 is 2.11 bits per heavy atom. The molecule has 0 fully saturated rings. The third-order valence-corrected chi connectivity index (χ3v) is 3.76. The summed E-state index contributed by atoms with van der Waals surface area (Å²) in [5.74, 6) is 0.876. The molecule has 0 N–H and O–H groups in total. The zero-order valence-corrected chi connectivity index (χ0v) is 13.4. The van der Waals surface area contributed by atoms with E-state index in [0.717, 1.165) is 5.92 Å². The predicted molar refractivity (Wildman–Crippen MR) is 82.2 cm³/mol. The first-order chi connectivity index (χ1) is 9.09. The second-order valence-electron chi connectivity index (χ2n) is 6.50. The molecule has 1 rings (SSSR count). The molecule has 0 unspecified atom stereocenters. The minimum Gasteiger partial charge on any atom is -0.237 e. The summed E-state index contributed by atoms with van der Waals surface area (Å²) in [6.07, 6.45) is 16.4. The van der Waals surface area contributed by atoms with Gasteiger partial charge in [0.1, 0.15) is 12.4 Å². The highest BCUT2D eigenvalue weighted by molar-refractivity contribution is 4.69. The Balaban J connectivity index is 1.98. The van der Waals surface area contributed by atoms with Gasteiger partial charge in [0.25, 0.3) is 0 Å². The molecule has 0 aromatic carbocycles. The van der Waals surface area contributed by atoms with Crippen LogP contribution in [-0.4, -0.2) is 4.57 Å². The third-order valence-electron chi connectivity index (χ3n) is 3.76. The highest BCUT2D eigenvalue weighted by atomic mass is 15.1. The van der Waals surface area contributed by atoms with Gasteiger partial charge < -0.3 is 0 Å². The summed E-state index contributed by atoms with van der Waals surface area (Å²) < 4.78 is 4.59. The fourth-order valence-corrected chi connectivity index (χ4v) is 2.40. The van der Waals surface area contributed by atoms with Crippen LogP contribution in [0.5, 0.6) is 0 Å². The van der Waals surface area contributed by atoms with Gasteiger partial charge >= 0.3 is 0 Å². The zero-order valence-electron chi connectivity index (χ0n) is 13.4. The molecule has 110 valence electrons.